The van der Waals surface area contributed by atoms with Crippen LogP contribution in [0.4, 0.5) is 0 Å². The Hall–Kier alpha value is -6.96. The van der Waals surface area contributed by atoms with Gasteiger partial charge < -0.3 is 4.42 Å². The second-order valence-corrected chi connectivity index (χ2v) is 12.6. The third kappa shape index (κ3) is 4.86. The van der Waals surface area contributed by atoms with Crippen molar-refractivity contribution < 1.29 is 30.5 Å². The first-order valence-corrected chi connectivity index (χ1v) is 16.7. The zero-order chi connectivity index (χ0) is 51.4. The molecular weight excluding hydrogens is 641 g/mol. The molecule has 1 aromatic heterocycles. The van der Waals surface area contributed by atoms with Crippen LogP contribution in [-0.2, 0) is 0 Å². The summed E-state index contributed by atoms with van der Waals surface area (Å²) in [7, 11) is 0. The monoisotopic (exact) mass is 691 g/mol. The summed E-state index contributed by atoms with van der Waals surface area (Å²) in [6.07, 6.45) is 0. The first-order valence-electron chi connectivity index (χ1n) is 26.2. The number of rotatable bonds is 4. The zero-order valence-corrected chi connectivity index (χ0v) is 27.4. The molecule has 0 saturated carbocycles. The lowest BCUT2D eigenvalue weighted by Crippen LogP contribution is -1.90. The number of furan rings is 1. The van der Waals surface area contributed by atoms with Gasteiger partial charge in [0.2, 0.25) is 0 Å². The highest BCUT2D eigenvalue weighted by Crippen LogP contribution is 2.44. The Bertz CT molecular complexity index is 4220. The molecule has 0 aliphatic heterocycles. The van der Waals surface area contributed by atoms with Crippen molar-refractivity contribution in [2.75, 3.05) is 0 Å². The van der Waals surface area contributed by atoms with E-state index in [0.717, 1.165) is 32.7 Å². The summed E-state index contributed by atoms with van der Waals surface area (Å²) in [5, 5.41) is 0.535. The van der Waals surface area contributed by atoms with Crippen LogP contribution in [0.5, 0.6) is 0 Å². The highest BCUT2D eigenvalue weighted by Gasteiger charge is 2.17. The summed E-state index contributed by atoms with van der Waals surface area (Å²) in [6.45, 7) is 0. The highest BCUT2D eigenvalue weighted by atomic mass is 16.3. The van der Waals surface area contributed by atoms with Gasteiger partial charge in [-0.3, -0.25) is 0 Å². The van der Waals surface area contributed by atoms with E-state index in [1.165, 1.54) is 0 Å². The summed E-state index contributed by atoms with van der Waals surface area (Å²) < 4.78 is 178. The molecule has 0 fully saturated rings. The van der Waals surface area contributed by atoms with Gasteiger partial charge in [-0.15, -0.1) is 0 Å². The smallest absolute Gasteiger partial charge is 0.136 e. The number of benzene rings is 10. The fourth-order valence-electron chi connectivity index (χ4n) is 7.13. The summed E-state index contributed by atoms with van der Waals surface area (Å²) in [4.78, 5) is 0. The molecule has 0 radical (unpaired) electrons. The number of hydrogen-bond acceptors (Lipinski definition) is 1. The van der Waals surface area contributed by atoms with E-state index in [1.807, 2.05) is 48.5 Å². The standard InChI is InChI=1S/C52H32O/c1-2-11-34(12-3-1)51-44-14-6-8-16-46(44)52(47-17-9-7-15-45(47)51)42-23-22-36-29-38(20-21-39(36)30-42)41-24-26-43-48-31-40(25-27-49(48)53-50(43)32-41)37-19-18-33-10-4-5-13-35(33)28-37/h1-32H/i1D,2D,3D,6D,7D,8D,9D,11D,12D,14D,15D,16D,17D,20D,21D,22D,23D,29D,30D. The molecule has 0 aliphatic rings. The SMILES string of the molecule is [2H]c1c([2H])c([2H])c(-c2c3c([2H])c([2H])c([2H])c([2H])c3c(-c3c([2H])c([2H])c4c([2H])c(-c5ccc6c(c5)oc5ccc(-c7ccc8ccccc8c7)cc56)c([2H])c([2H])c4c3[2H])c3c([2H])c([2H])c([2H])c([2H])c23)c([2H])c1[2H]. The summed E-state index contributed by atoms with van der Waals surface area (Å²) in [6, 6.07) is 9.88. The van der Waals surface area contributed by atoms with Crippen molar-refractivity contribution in [1.29, 1.82) is 0 Å². The molecule has 246 valence electrons. The van der Waals surface area contributed by atoms with Crippen molar-refractivity contribution in [3.05, 3.63) is 194 Å². The Morgan fingerprint density at radius 1 is 0.321 bits per heavy atom. The van der Waals surface area contributed by atoms with E-state index < -0.39 is 164 Å². The molecule has 1 heteroatoms. The summed E-state index contributed by atoms with van der Waals surface area (Å²) >= 11 is 0. The second kappa shape index (κ2) is 11.8. The molecule has 0 saturated heterocycles. The molecule has 0 amide bonds. The lowest BCUT2D eigenvalue weighted by atomic mass is 9.85. The minimum absolute atomic E-state index is 0.117. The average Bonchev–Trinajstić information content (AvgIpc) is 3.74. The fourth-order valence-corrected chi connectivity index (χ4v) is 7.13. The maximum atomic E-state index is 9.75. The Balaban J connectivity index is 1.19. The van der Waals surface area contributed by atoms with Crippen molar-refractivity contribution in [2.45, 2.75) is 0 Å². The molecular formula is C52H32O. The molecule has 1 nitrogen and oxygen atoms in total. The van der Waals surface area contributed by atoms with Crippen LogP contribution in [-0.4, -0.2) is 0 Å². The molecule has 10 aromatic carbocycles. The molecule has 0 atom stereocenters. The molecule has 11 aromatic rings. The van der Waals surface area contributed by atoms with Gasteiger partial charge in [0, 0.05) is 10.8 Å². The Morgan fingerprint density at radius 3 is 1.62 bits per heavy atom. The van der Waals surface area contributed by atoms with Crippen molar-refractivity contribution in [2.24, 2.45) is 0 Å². The molecule has 0 spiro atoms. The topological polar surface area (TPSA) is 13.1 Å². The Labute approximate surface area is 333 Å². The Kier molecular flexibility index (Phi) is 3.69. The summed E-state index contributed by atoms with van der Waals surface area (Å²) in [5.41, 5.74) is 0.620. The van der Waals surface area contributed by atoms with Gasteiger partial charge in [0.1, 0.15) is 11.2 Å². The third-order valence-corrected chi connectivity index (χ3v) is 9.59. The summed E-state index contributed by atoms with van der Waals surface area (Å²) in [5.74, 6) is 0. The third-order valence-electron chi connectivity index (χ3n) is 9.59. The molecule has 11 rings (SSSR count). The van der Waals surface area contributed by atoms with Crippen LogP contribution in [0.15, 0.2) is 198 Å². The van der Waals surface area contributed by atoms with Gasteiger partial charge in [0.25, 0.3) is 0 Å². The number of fused-ring (bicyclic) bond motifs is 7. The van der Waals surface area contributed by atoms with Gasteiger partial charge in [-0.2, -0.15) is 0 Å². The van der Waals surface area contributed by atoms with E-state index in [9.17, 15) is 13.7 Å². The van der Waals surface area contributed by atoms with Crippen molar-refractivity contribution >= 4 is 65.0 Å². The van der Waals surface area contributed by atoms with Crippen molar-refractivity contribution in [3.63, 3.8) is 0 Å². The quantitative estimate of drug-likeness (QED) is 0.167. The maximum Gasteiger partial charge on any atom is 0.136 e. The minimum atomic E-state index is -0.870. The second-order valence-electron chi connectivity index (χ2n) is 12.6. The van der Waals surface area contributed by atoms with Gasteiger partial charge in [0.05, 0.1) is 26.0 Å². The first kappa shape index (κ1) is 16.6. The van der Waals surface area contributed by atoms with Crippen molar-refractivity contribution in [3.8, 4) is 44.5 Å². The van der Waals surface area contributed by atoms with Gasteiger partial charge in [-0.25, -0.2) is 0 Å². The predicted octanol–water partition coefficient (Wildman–Crippen LogP) is 14.9. The molecule has 0 bridgehead atoms. The van der Waals surface area contributed by atoms with Crippen LogP contribution in [0.2, 0.25) is 0 Å². The van der Waals surface area contributed by atoms with Crippen LogP contribution in [0.1, 0.15) is 26.0 Å². The van der Waals surface area contributed by atoms with Crippen molar-refractivity contribution in [1.82, 2.24) is 0 Å². The molecule has 0 N–H and O–H groups in total. The molecule has 0 unspecified atom stereocenters. The molecule has 1 heterocycles. The van der Waals surface area contributed by atoms with Gasteiger partial charge in [0.15, 0.2) is 0 Å². The maximum absolute atomic E-state index is 9.75. The van der Waals surface area contributed by atoms with Gasteiger partial charge in [-0.1, -0.05) is 151 Å². The number of hydrogen-bond donors (Lipinski definition) is 0. The zero-order valence-electron chi connectivity index (χ0n) is 46.4. The Morgan fingerprint density at radius 2 is 0.887 bits per heavy atom. The van der Waals surface area contributed by atoms with E-state index in [1.54, 1.807) is 18.2 Å². The van der Waals surface area contributed by atoms with Gasteiger partial charge in [-0.05, 0) is 130 Å². The fraction of sp³-hybridized carbons (Fsp3) is 0. The van der Waals surface area contributed by atoms with Crippen LogP contribution in [0.3, 0.4) is 0 Å². The van der Waals surface area contributed by atoms with Crippen LogP contribution in [0.25, 0.3) is 110 Å². The van der Waals surface area contributed by atoms with Crippen LogP contribution < -0.4 is 0 Å². The van der Waals surface area contributed by atoms with E-state index in [2.05, 4.69) is 12.1 Å². The van der Waals surface area contributed by atoms with E-state index in [0.29, 0.717) is 11.2 Å². The minimum Gasteiger partial charge on any atom is -0.456 e. The predicted molar refractivity (Wildman–Crippen MR) is 225 cm³/mol. The lowest BCUT2D eigenvalue weighted by Gasteiger charge is -2.18. The van der Waals surface area contributed by atoms with E-state index in [-0.39, 0.29) is 16.5 Å². The van der Waals surface area contributed by atoms with E-state index in [4.69, 9.17) is 16.8 Å². The van der Waals surface area contributed by atoms with Crippen LogP contribution in [0, 0.1) is 0 Å². The van der Waals surface area contributed by atoms with E-state index >= 15 is 0 Å². The largest absolute Gasteiger partial charge is 0.456 e. The van der Waals surface area contributed by atoms with Crippen LogP contribution >= 0.6 is 0 Å². The van der Waals surface area contributed by atoms with Gasteiger partial charge >= 0.3 is 0 Å². The highest BCUT2D eigenvalue weighted by molar-refractivity contribution is 6.21. The normalized spacial score (nSPS) is 16.8. The molecule has 53 heavy (non-hydrogen) atoms. The first-order chi connectivity index (χ1) is 34.2. The average molecular weight is 692 g/mol. The lowest BCUT2D eigenvalue weighted by molar-refractivity contribution is 0.669. The molecule has 0 aliphatic carbocycles.